The standard InChI is InChI=1S/C21H18N2O5/c1-15(23(25)21(22)24)10-11-17-12-13-20(27-17)28-19-9-5-8-18(14-19)26-16-6-3-2-4-7-16/h2-9,12-15,25H,1H3,(H2,22,24). The number of ether oxygens (including phenoxy) is 2. The first kappa shape index (κ1) is 18.9. The Labute approximate surface area is 161 Å². The Kier molecular flexibility index (Phi) is 5.84. The number of rotatable bonds is 5. The molecule has 0 fully saturated rings. The van der Waals surface area contributed by atoms with Gasteiger partial charge in [-0.25, -0.2) is 4.79 Å². The maximum Gasteiger partial charge on any atom is 0.339 e. The van der Waals surface area contributed by atoms with E-state index in [1.165, 1.54) is 6.92 Å². The molecule has 0 aliphatic rings. The molecule has 0 spiro atoms. The molecule has 7 nitrogen and oxygen atoms in total. The fourth-order valence-corrected chi connectivity index (χ4v) is 2.21. The number of benzene rings is 2. The van der Waals surface area contributed by atoms with Crippen molar-refractivity contribution in [3.05, 3.63) is 72.5 Å². The highest BCUT2D eigenvalue weighted by atomic mass is 16.6. The number of primary amides is 1. The second-order valence-electron chi connectivity index (χ2n) is 5.74. The Bertz CT molecular complexity index is 1000. The van der Waals surface area contributed by atoms with Gasteiger partial charge in [0.2, 0.25) is 0 Å². The molecule has 3 N–H and O–H groups in total. The van der Waals surface area contributed by atoms with Crippen LogP contribution in [0.15, 0.2) is 71.1 Å². The molecule has 1 atom stereocenters. The molecule has 2 aromatic carbocycles. The smallest absolute Gasteiger partial charge is 0.339 e. The van der Waals surface area contributed by atoms with Crippen molar-refractivity contribution in [3.8, 4) is 35.0 Å². The van der Waals surface area contributed by atoms with Gasteiger partial charge in [-0.2, -0.15) is 5.06 Å². The van der Waals surface area contributed by atoms with Crippen molar-refractivity contribution in [2.75, 3.05) is 0 Å². The van der Waals surface area contributed by atoms with Gasteiger partial charge in [-0.3, -0.25) is 5.21 Å². The van der Waals surface area contributed by atoms with Crippen LogP contribution in [0.5, 0.6) is 23.2 Å². The topological polar surface area (TPSA) is 98.2 Å². The Balaban J connectivity index is 1.66. The molecule has 0 saturated carbocycles. The zero-order valence-electron chi connectivity index (χ0n) is 15.0. The molecule has 28 heavy (non-hydrogen) atoms. The lowest BCUT2D eigenvalue weighted by Crippen LogP contribution is -2.38. The van der Waals surface area contributed by atoms with Gasteiger partial charge >= 0.3 is 6.03 Å². The Morgan fingerprint density at radius 1 is 1.04 bits per heavy atom. The molecule has 1 aromatic heterocycles. The predicted molar refractivity (Wildman–Crippen MR) is 101 cm³/mol. The van der Waals surface area contributed by atoms with Crippen LogP contribution < -0.4 is 15.2 Å². The van der Waals surface area contributed by atoms with E-state index >= 15 is 0 Å². The second-order valence-corrected chi connectivity index (χ2v) is 5.74. The number of hydrogen-bond donors (Lipinski definition) is 2. The third-order valence-corrected chi connectivity index (χ3v) is 3.58. The van der Waals surface area contributed by atoms with Crippen LogP contribution in [0.2, 0.25) is 0 Å². The molecule has 0 aliphatic heterocycles. The van der Waals surface area contributed by atoms with E-state index in [9.17, 15) is 10.0 Å². The summed E-state index contributed by atoms with van der Waals surface area (Å²) in [5, 5.41) is 9.73. The number of nitrogens with zero attached hydrogens (tertiary/aromatic N) is 1. The number of urea groups is 1. The van der Waals surface area contributed by atoms with E-state index in [1.54, 1.807) is 30.3 Å². The lowest BCUT2D eigenvalue weighted by molar-refractivity contribution is -0.0536. The van der Waals surface area contributed by atoms with E-state index in [-0.39, 0.29) is 5.95 Å². The van der Waals surface area contributed by atoms with Crippen molar-refractivity contribution in [3.63, 3.8) is 0 Å². The number of para-hydroxylation sites is 1. The number of carbonyl (C=O) groups excluding carboxylic acids is 1. The van der Waals surface area contributed by atoms with Gasteiger partial charge in [0.25, 0.3) is 5.95 Å². The van der Waals surface area contributed by atoms with Crippen LogP contribution in [0.25, 0.3) is 0 Å². The van der Waals surface area contributed by atoms with Gasteiger partial charge < -0.3 is 19.6 Å². The van der Waals surface area contributed by atoms with E-state index in [1.807, 2.05) is 36.4 Å². The zero-order valence-corrected chi connectivity index (χ0v) is 15.0. The lowest BCUT2D eigenvalue weighted by Gasteiger charge is -2.14. The molecular weight excluding hydrogens is 360 g/mol. The van der Waals surface area contributed by atoms with Crippen molar-refractivity contribution in [2.24, 2.45) is 5.73 Å². The van der Waals surface area contributed by atoms with Crippen LogP contribution in [0.3, 0.4) is 0 Å². The average Bonchev–Trinajstić information content (AvgIpc) is 3.13. The molecule has 0 aliphatic carbocycles. The van der Waals surface area contributed by atoms with Crippen LogP contribution in [0.4, 0.5) is 4.79 Å². The maximum atomic E-state index is 10.9. The number of amides is 2. The summed E-state index contributed by atoms with van der Waals surface area (Å²) in [6.45, 7) is 1.52. The van der Waals surface area contributed by atoms with Gasteiger partial charge in [0.1, 0.15) is 23.3 Å². The molecule has 0 radical (unpaired) electrons. The first-order chi connectivity index (χ1) is 13.5. The zero-order chi connectivity index (χ0) is 19.9. The Hall–Kier alpha value is -3.89. The first-order valence-electron chi connectivity index (χ1n) is 8.41. The van der Waals surface area contributed by atoms with Crippen LogP contribution in [-0.4, -0.2) is 22.3 Å². The van der Waals surface area contributed by atoms with Crippen LogP contribution >= 0.6 is 0 Å². The van der Waals surface area contributed by atoms with Crippen molar-refractivity contribution < 1.29 is 23.9 Å². The highest BCUT2D eigenvalue weighted by Crippen LogP contribution is 2.29. The summed E-state index contributed by atoms with van der Waals surface area (Å²) in [6, 6.07) is 18.0. The summed E-state index contributed by atoms with van der Waals surface area (Å²) in [7, 11) is 0. The molecule has 0 bridgehead atoms. The minimum atomic E-state index is -0.983. The number of carbonyl (C=O) groups is 1. The van der Waals surface area contributed by atoms with Crippen LogP contribution in [0.1, 0.15) is 12.7 Å². The molecule has 3 rings (SSSR count). The van der Waals surface area contributed by atoms with Gasteiger partial charge in [-0.05, 0) is 43.2 Å². The third-order valence-electron chi connectivity index (χ3n) is 3.58. The molecule has 7 heteroatoms. The van der Waals surface area contributed by atoms with Crippen molar-refractivity contribution >= 4 is 6.03 Å². The molecule has 3 aromatic rings. The summed E-state index contributed by atoms with van der Waals surface area (Å²) >= 11 is 0. The second kappa shape index (κ2) is 8.66. The molecule has 2 amide bonds. The number of nitrogens with two attached hydrogens (primary N) is 1. The highest BCUT2D eigenvalue weighted by Gasteiger charge is 2.12. The Morgan fingerprint density at radius 2 is 1.71 bits per heavy atom. The van der Waals surface area contributed by atoms with Gasteiger partial charge in [-0.1, -0.05) is 30.2 Å². The largest absolute Gasteiger partial charge is 0.457 e. The summed E-state index contributed by atoms with van der Waals surface area (Å²) in [4.78, 5) is 10.9. The van der Waals surface area contributed by atoms with Gasteiger partial charge in [0.05, 0.1) is 0 Å². The summed E-state index contributed by atoms with van der Waals surface area (Å²) in [6.07, 6.45) is 0. The van der Waals surface area contributed by atoms with Crippen molar-refractivity contribution in [2.45, 2.75) is 13.0 Å². The molecule has 1 heterocycles. The van der Waals surface area contributed by atoms with Crippen LogP contribution in [0, 0.1) is 11.8 Å². The normalized spacial score (nSPS) is 11.1. The monoisotopic (exact) mass is 378 g/mol. The first-order valence-corrected chi connectivity index (χ1v) is 8.41. The number of furan rings is 1. The lowest BCUT2D eigenvalue weighted by atomic mass is 10.3. The number of hydrogen-bond acceptors (Lipinski definition) is 5. The SMILES string of the molecule is CC(C#Cc1ccc(Oc2cccc(Oc3ccccc3)c2)o1)N(O)C(N)=O. The van der Waals surface area contributed by atoms with Gasteiger partial charge in [0.15, 0.2) is 5.76 Å². The van der Waals surface area contributed by atoms with Crippen molar-refractivity contribution in [1.82, 2.24) is 5.06 Å². The Morgan fingerprint density at radius 3 is 2.43 bits per heavy atom. The maximum absolute atomic E-state index is 10.9. The summed E-state index contributed by atoms with van der Waals surface area (Å²) in [5.41, 5.74) is 4.97. The quantitative estimate of drug-likeness (QED) is 0.390. The minimum absolute atomic E-state index is 0.240. The highest BCUT2D eigenvalue weighted by molar-refractivity contribution is 5.71. The summed E-state index contributed by atoms with van der Waals surface area (Å²) in [5.74, 6) is 7.78. The summed E-state index contributed by atoms with van der Waals surface area (Å²) < 4.78 is 16.9. The van der Waals surface area contributed by atoms with E-state index < -0.39 is 12.1 Å². The van der Waals surface area contributed by atoms with E-state index in [0.717, 1.165) is 5.75 Å². The predicted octanol–water partition coefficient (Wildman–Crippen LogP) is 4.37. The van der Waals surface area contributed by atoms with E-state index in [0.29, 0.717) is 22.3 Å². The fourth-order valence-electron chi connectivity index (χ4n) is 2.21. The third kappa shape index (κ3) is 5.06. The minimum Gasteiger partial charge on any atom is -0.457 e. The fraction of sp³-hybridized carbons (Fsp3) is 0.0952. The van der Waals surface area contributed by atoms with Crippen LogP contribution in [-0.2, 0) is 0 Å². The van der Waals surface area contributed by atoms with E-state index in [4.69, 9.17) is 19.6 Å². The number of hydroxylamine groups is 2. The molecule has 1 unspecified atom stereocenters. The molecule has 142 valence electrons. The van der Waals surface area contributed by atoms with Crippen molar-refractivity contribution in [1.29, 1.82) is 0 Å². The molecular formula is C21H18N2O5. The van der Waals surface area contributed by atoms with Gasteiger partial charge in [-0.15, -0.1) is 0 Å². The average molecular weight is 378 g/mol. The van der Waals surface area contributed by atoms with Gasteiger partial charge in [0, 0.05) is 12.1 Å². The van der Waals surface area contributed by atoms with E-state index in [2.05, 4.69) is 11.8 Å². The molecule has 0 saturated heterocycles.